The molecule has 138 valence electrons. The number of amides is 1. The molecule has 0 spiro atoms. The molecule has 0 saturated heterocycles. The Balaban J connectivity index is 1.54. The van der Waals surface area contributed by atoms with Gasteiger partial charge in [0.2, 0.25) is 0 Å². The Hall–Kier alpha value is -2.34. The zero-order valence-electron chi connectivity index (χ0n) is 15.0. The first-order valence-corrected chi connectivity index (χ1v) is 10.6. The molecule has 0 unspecified atom stereocenters. The lowest BCUT2D eigenvalue weighted by molar-refractivity contribution is -0.123. The largest absolute Gasteiger partial charge is 0.484 e. The van der Waals surface area contributed by atoms with Gasteiger partial charge in [-0.15, -0.1) is 0 Å². The van der Waals surface area contributed by atoms with Crippen LogP contribution in [0, 0.1) is 0 Å². The van der Waals surface area contributed by atoms with Gasteiger partial charge in [0, 0.05) is 6.26 Å². The molecule has 1 aliphatic carbocycles. The number of carbonyl (C=O) groups excluding carboxylic acids is 1. The van der Waals surface area contributed by atoms with E-state index in [1.165, 1.54) is 23.8 Å². The predicted molar refractivity (Wildman–Crippen MR) is 100 cm³/mol. The summed E-state index contributed by atoms with van der Waals surface area (Å²) >= 11 is 0. The van der Waals surface area contributed by atoms with E-state index in [0.29, 0.717) is 5.75 Å². The molecule has 2 aromatic rings. The Bertz CT molecular complexity index is 904. The second-order valence-corrected chi connectivity index (χ2v) is 8.72. The van der Waals surface area contributed by atoms with E-state index >= 15 is 0 Å². The van der Waals surface area contributed by atoms with Crippen LogP contribution < -0.4 is 10.1 Å². The van der Waals surface area contributed by atoms with E-state index in [1.54, 1.807) is 24.3 Å². The Morgan fingerprint density at radius 1 is 1.12 bits per heavy atom. The van der Waals surface area contributed by atoms with E-state index in [2.05, 4.69) is 11.4 Å². The number of rotatable bonds is 6. The summed E-state index contributed by atoms with van der Waals surface area (Å²) in [6.07, 6.45) is 4.53. The van der Waals surface area contributed by atoms with Gasteiger partial charge in [0.25, 0.3) is 5.91 Å². The van der Waals surface area contributed by atoms with Crippen molar-refractivity contribution in [3.05, 3.63) is 59.2 Å². The van der Waals surface area contributed by atoms with Crippen LogP contribution in [0.1, 0.15) is 36.1 Å². The summed E-state index contributed by atoms with van der Waals surface area (Å²) in [6.45, 7) is 1.80. The lowest BCUT2D eigenvalue weighted by Crippen LogP contribution is -2.31. The second-order valence-electron chi connectivity index (χ2n) is 6.70. The number of nitrogens with one attached hydrogen (secondary N) is 1. The van der Waals surface area contributed by atoms with Gasteiger partial charge in [-0.1, -0.05) is 18.2 Å². The van der Waals surface area contributed by atoms with Gasteiger partial charge in [-0.2, -0.15) is 0 Å². The van der Waals surface area contributed by atoms with Gasteiger partial charge in [-0.25, -0.2) is 8.42 Å². The zero-order chi connectivity index (χ0) is 18.7. The Kier molecular flexibility index (Phi) is 5.32. The smallest absolute Gasteiger partial charge is 0.258 e. The van der Waals surface area contributed by atoms with E-state index in [1.807, 2.05) is 19.1 Å². The molecule has 3 rings (SSSR count). The molecule has 1 aliphatic rings. The Morgan fingerprint density at radius 3 is 2.50 bits per heavy atom. The van der Waals surface area contributed by atoms with E-state index in [0.717, 1.165) is 18.4 Å². The highest BCUT2D eigenvalue weighted by molar-refractivity contribution is 7.90. The molecule has 0 saturated carbocycles. The van der Waals surface area contributed by atoms with Crippen LogP contribution in [0.3, 0.4) is 0 Å². The predicted octanol–water partition coefficient (Wildman–Crippen LogP) is 2.84. The number of aryl methyl sites for hydroxylation is 2. The average molecular weight is 373 g/mol. The fourth-order valence-electron chi connectivity index (χ4n) is 3.16. The quantitative estimate of drug-likeness (QED) is 0.845. The SMILES string of the molecule is C[C@H](NC(=O)COc1ccc2c(c1)CCC2)c1ccc(S(C)(=O)=O)cc1. The first-order chi connectivity index (χ1) is 12.3. The second kappa shape index (κ2) is 7.50. The molecule has 2 aromatic carbocycles. The molecule has 0 fully saturated rings. The van der Waals surface area contributed by atoms with Gasteiger partial charge < -0.3 is 10.1 Å². The number of ether oxygens (including phenoxy) is 1. The summed E-state index contributed by atoms with van der Waals surface area (Å²) in [5, 5.41) is 2.86. The van der Waals surface area contributed by atoms with Crippen LogP contribution in [0.25, 0.3) is 0 Å². The van der Waals surface area contributed by atoms with Crippen molar-refractivity contribution in [2.45, 2.75) is 37.1 Å². The zero-order valence-corrected chi connectivity index (χ0v) is 15.8. The van der Waals surface area contributed by atoms with Crippen molar-refractivity contribution in [3.8, 4) is 5.75 Å². The molecule has 1 amide bonds. The minimum absolute atomic E-state index is 0.0510. The average Bonchev–Trinajstić information content (AvgIpc) is 3.07. The normalized spacial score (nSPS) is 14.5. The van der Waals surface area contributed by atoms with Crippen molar-refractivity contribution >= 4 is 15.7 Å². The van der Waals surface area contributed by atoms with Gasteiger partial charge in [0.1, 0.15) is 5.75 Å². The third-order valence-corrected chi connectivity index (χ3v) is 5.75. The lowest BCUT2D eigenvalue weighted by atomic mass is 10.1. The molecule has 0 aromatic heterocycles. The van der Waals surface area contributed by atoms with Crippen LogP contribution in [0.15, 0.2) is 47.4 Å². The van der Waals surface area contributed by atoms with Crippen molar-refractivity contribution < 1.29 is 17.9 Å². The number of sulfone groups is 1. The summed E-state index contributed by atoms with van der Waals surface area (Å²) in [6, 6.07) is 12.3. The van der Waals surface area contributed by atoms with Gasteiger partial charge in [0.05, 0.1) is 10.9 Å². The van der Waals surface area contributed by atoms with Crippen molar-refractivity contribution in [2.75, 3.05) is 12.9 Å². The Morgan fingerprint density at radius 2 is 1.81 bits per heavy atom. The van der Waals surface area contributed by atoms with Crippen molar-refractivity contribution in [1.29, 1.82) is 0 Å². The molecule has 5 nitrogen and oxygen atoms in total. The highest BCUT2D eigenvalue weighted by atomic mass is 32.2. The molecular formula is C20H23NO4S. The number of benzene rings is 2. The molecule has 0 radical (unpaired) electrons. The van der Waals surface area contributed by atoms with E-state index < -0.39 is 9.84 Å². The van der Waals surface area contributed by atoms with Crippen LogP contribution in [-0.2, 0) is 27.5 Å². The van der Waals surface area contributed by atoms with Crippen molar-refractivity contribution in [1.82, 2.24) is 5.32 Å². The van der Waals surface area contributed by atoms with Gasteiger partial charge >= 0.3 is 0 Å². The minimum Gasteiger partial charge on any atom is -0.484 e. The Labute approximate surface area is 154 Å². The van der Waals surface area contributed by atoms with Crippen LogP contribution in [-0.4, -0.2) is 27.2 Å². The first-order valence-electron chi connectivity index (χ1n) is 8.67. The fourth-order valence-corrected chi connectivity index (χ4v) is 3.79. The van der Waals surface area contributed by atoms with E-state index in [9.17, 15) is 13.2 Å². The standard InChI is InChI=1S/C20H23NO4S/c1-14(15-7-10-19(11-8-15)26(2,23)24)21-20(22)13-25-18-9-6-16-4-3-5-17(16)12-18/h6-12,14H,3-5,13H2,1-2H3,(H,21,22)/t14-/m0/s1. The monoisotopic (exact) mass is 373 g/mol. The molecule has 26 heavy (non-hydrogen) atoms. The lowest BCUT2D eigenvalue weighted by Gasteiger charge is -2.15. The fraction of sp³-hybridized carbons (Fsp3) is 0.350. The molecule has 1 atom stereocenters. The summed E-state index contributed by atoms with van der Waals surface area (Å²) in [4.78, 5) is 12.4. The van der Waals surface area contributed by atoms with Crippen LogP contribution in [0.5, 0.6) is 5.75 Å². The van der Waals surface area contributed by atoms with Gasteiger partial charge in [-0.05, 0) is 67.1 Å². The number of carbonyl (C=O) groups is 1. The van der Waals surface area contributed by atoms with Crippen molar-refractivity contribution in [3.63, 3.8) is 0 Å². The highest BCUT2D eigenvalue weighted by Crippen LogP contribution is 2.26. The van der Waals surface area contributed by atoms with Crippen LogP contribution in [0.4, 0.5) is 0 Å². The van der Waals surface area contributed by atoms with E-state index in [4.69, 9.17) is 4.74 Å². The maximum absolute atomic E-state index is 12.1. The summed E-state index contributed by atoms with van der Waals surface area (Å²) in [5.41, 5.74) is 3.51. The first kappa shape index (κ1) is 18.5. The molecule has 6 heteroatoms. The number of fused-ring (bicyclic) bond motifs is 1. The van der Waals surface area contributed by atoms with Crippen LogP contribution in [0.2, 0.25) is 0 Å². The maximum Gasteiger partial charge on any atom is 0.258 e. The summed E-state index contributed by atoms with van der Waals surface area (Å²) in [5.74, 6) is 0.496. The van der Waals surface area contributed by atoms with Gasteiger partial charge in [0.15, 0.2) is 16.4 Å². The minimum atomic E-state index is -3.22. The number of hydrogen-bond donors (Lipinski definition) is 1. The third-order valence-electron chi connectivity index (χ3n) is 4.63. The molecule has 1 N–H and O–H groups in total. The van der Waals surface area contributed by atoms with Crippen molar-refractivity contribution in [2.24, 2.45) is 0 Å². The van der Waals surface area contributed by atoms with E-state index in [-0.39, 0.29) is 23.5 Å². The van der Waals surface area contributed by atoms with Gasteiger partial charge in [-0.3, -0.25) is 4.79 Å². The molecular weight excluding hydrogens is 350 g/mol. The topological polar surface area (TPSA) is 72.5 Å². The number of hydrogen-bond acceptors (Lipinski definition) is 4. The molecule has 0 heterocycles. The molecule has 0 bridgehead atoms. The third kappa shape index (κ3) is 4.43. The van der Waals surface area contributed by atoms with Crippen LogP contribution >= 0.6 is 0 Å². The maximum atomic E-state index is 12.1. The summed E-state index contributed by atoms with van der Waals surface area (Å²) in [7, 11) is -3.22. The molecule has 0 aliphatic heterocycles. The highest BCUT2D eigenvalue weighted by Gasteiger charge is 2.14. The summed E-state index contributed by atoms with van der Waals surface area (Å²) < 4.78 is 28.6.